The van der Waals surface area contributed by atoms with Gasteiger partial charge in [-0.15, -0.1) is 0 Å². The van der Waals surface area contributed by atoms with Gasteiger partial charge in [-0.25, -0.2) is 0 Å². The molecule has 5 heteroatoms. The fourth-order valence-corrected chi connectivity index (χ4v) is 2.82. The number of ether oxygens (including phenoxy) is 2. The average Bonchev–Trinajstić information content (AvgIpc) is 2.95. The molecule has 0 amide bonds. The first-order valence-electron chi connectivity index (χ1n) is 7.46. The Morgan fingerprint density at radius 3 is 2.95 bits per heavy atom. The summed E-state index contributed by atoms with van der Waals surface area (Å²) in [6, 6.07) is 5.82. The molecule has 0 aromatic heterocycles. The van der Waals surface area contributed by atoms with Crippen molar-refractivity contribution >= 4 is 5.97 Å². The van der Waals surface area contributed by atoms with Crippen molar-refractivity contribution in [2.24, 2.45) is 5.73 Å². The van der Waals surface area contributed by atoms with Crippen LogP contribution in [0.2, 0.25) is 0 Å². The zero-order chi connectivity index (χ0) is 15.2. The number of hydrogen-bond acceptors (Lipinski definition) is 5. The Bertz CT molecular complexity index is 490. The standard InChI is InChI=1S/C16H24N2O3/c1-3-21-16(19)14-5-4-8-18(14)11-13-9-12(10-17)6-7-15(13)20-2/h6-7,9,14H,3-5,8,10-11,17H2,1-2H3. The van der Waals surface area contributed by atoms with Crippen LogP contribution in [0, 0.1) is 0 Å². The van der Waals surface area contributed by atoms with E-state index in [1.807, 2.05) is 19.1 Å². The van der Waals surface area contributed by atoms with Gasteiger partial charge in [-0.2, -0.15) is 0 Å². The maximum absolute atomic E-state index is 12.0. The molecular weight excluding hydrogens is 268 g/mol. The van der Waals surface area contributed by atoms with E-state index >= 15 is 0 Å². The van der Waals surface area contributed by atoms with Crippen LogP contribution in [0.5, 0.6) is 5.75 Å². The highest BCUT2D eigenvalue weighted by Gasteiger charge is 2.32. The molecule has 2 rings (SSSR count). The van der Waals surface area contributed by atoms with E-state index in [2.05, 4.69) is 11.0 Å². The summed E-state index contributed by atoms with van der Waals surface area (Å²) in [6.07, 6.45) is 1.88. The normalized spacial score (nSPS) is 18.7. The predicted molar refractivity (Wildman–Crippen MR) is 81.0 cm³/mol. The van der Waals surface area contributed by atoms with Crippen LogP contribution in [0.15, 0.2) is 18.2 Å². The highest BCUT2D eigenvalue weighted by Crippen LogP contribution is 2.26. The van der Waals surface area contributed by atoms with E-state index in [4.69, 9.17) is 15.2 Å². The van der Waals surface area contributed by atoms with Crippen LogP contribution in [0.1, 0.15) is 30.9 Å². The van der Waals surface area contributed by atoms with Gasteiger partial charge in [-0.1, -0.05) is 6.07 Å². The molecular formula is C16H24N2O3. The minimum atomic E-state index is -0.142. The van der Waals surface area contributed by atoms with Crippen molar-refractivity contribution in [3.8, 4) is 5.75 Å². The predicted octanol–water partition coefficient (Wildman–Crippen LogP) is 1.68. The molecule has 116 valence electrons. The molecule has 1 aliphatic rings. The van der Waals surface area contributed by atoms with Gasteiger partial charge in [0.05, 0.1) is 13.7 Å². The summed E-state index contributed by atoms with van der Waals surface area (Å²) in [7, 11) is 1.66. The molecule has 5 nitrogen and oxygen atoms in total. The monoisotopic (exact) mass is 292 g/mol. The fraction of sp³-hybridized carbons (Fsp3) is 0.562. The summed E-state index contributed by atoms with van der Waals surface area (Å²) in [4.78, 5) is 14.2. The van der Waals surface area contributed by atoms with Gasteiger partial charge in [0.1, 0.15) is 11.8 Å². The van der Waals surface area contributed by atoms with Crippen LogP contribution < -0.4 is 10.5 Å². The molecule has 1 heterocycles. The molecule has 21 heavy (non-hydrogen) atoms. The van der Waals surface area contributed by atoms with Crippen molar-refractivity contribution in [3.05, 3.63) is 29.3 Å². The lowest BCUT2D eigenvalue weighted by atomic mass is 10.1. The Hall–Kier alpha value is -1.59. The van der Waals surface area contributed by atoms with Crippen molar-refractivity contribution in [1.82, 2.24) is 4.90 Å². The van der Waals surface area contributed by atoms with E-state index in [-0.39, 0.29) is 12.0 Å². The lowest BCUT2D eigenvalue weighted by Crippen LogP contribution is -2.36. The zero-order valence-corrected chi connectivity index (χ0v) is 12.8. The van der Waals surface area contributed by atoms with E-state index < -0.39 is 0 Å². The summed E-state index contributed by atoms with van der Waals surface area (Å²) in [5.41, 5.74) is 7.84. The molecule has 1 saturated heterocycles. The molecule has 1 fully saturated rings. The van der Waals surface area contributed by atoms with Crippen LogP contribution in [0.3, 0.4) is 0 Å². The number of likely N-dealkylation sites (tertiary alicyclic amines) is 1. The molecule has 1 aromatic carbocycles. The highest BCUT2D eigenvalue weighted by molar-refractivity contribution is 5.76. The second kappa shape index (κ2) is 7.43. The zero-order valence-electron chi connectivity index (χ0n) is 12.8. The lowest BCUT2D eigenvalue weighted by Gasteiger charge is -2.24. The Balaban J connectivity index is 2.14. The second-order valence-electron chi connectivity index (χ2n) is 5.23. The van der Waals surface area contributed by atoms with Gasteiger partial charge in [0.25, 0.3) is 0 Å². The first-order chi connectivity index (χ1) is 10.2. The van der Waals surface area contributed by atoms with Crippen LogP contribution in [-0.2, 0) is 22.6 Å². The van der Waals surface area contributed by atoms with E-state index in [0.29, 0.717) is 19.7 Å². The third-order valence-corrected chi connectivity index (χ3v) is 3.88. The van der Waals surface area contributed by atoms with Gasteiger partial charge < -0.3 is 15.2 Å². The van der Waals surface area contributed by atoms with Crippen LogP contribution in [-0.4, -0.2) is 37.2 Å². The lowest BCUT2D eigenvalue weighted by molar-refractivity contribution is -0.148. The van der Waals surface area contributed by atoms with Crippen molar-refractivity contribution in [2.75, 3.05) is 20.3 Å². The first kappa shape index (κ1) is 15.8. The minimum absolute atomic E-state index is 0.121. The summed E-state index contributed by atoms with van der Waals surface area (Å²) in [6.45, 7) is 4.35. The minimum Gasteiger partial charge on any atom is -0.496 e. The number of rotatable bonds is 6. The van der Waals surface area contributed by atoms with Crippen LogP contribution in [0.25, 0.3) is 0 Å². The number of methoxy groups -OCH3 is 1. The Morgan fingerprint density at radius 2 is 2.29 bits per heavy atom. The van der Waals surface area contributed by atoms with Gasteiger partial charge in [0, 0.05) is 18.7 Å². The molecule has 2 N–H and O–H groups in total. The van der Waals surface area contributed by atoms with Gasteiger partial charge in [-0.05, 0) is 44.0 Å². The Morgan fingerprint density at radius 1 is 1.48 bits per heavy atom. The number of benzene rings is 1. The highest BCUT2D eigenvalue weighted by atomic mass is 16.5. The van der Waals surface area contributed by atoms with E-state index in [1.165, 1.54) is 0 Å². The van der Waals surface area contributed by atoms with Crippen LogP contribution >= 0.6 is 0 Å². The summed E-state index contributed by atoms with van der Waals surface area (Å²) >= 11 is 0. The maximum atomic E-state index is 12.0. The molecule has 0 radical (unpaired) electrons. The quantitative estimate of drug-likeness (QED) is 0.808. The Kier molecular flexibility index (Phi) is 5.59. The number of esters is 1. The third-order valence-electron chi connectivity index (χ3n) is 3.88. The number of carbonyl (C=O) groups is 1. The van der Waals surface area contributed by atoms with Gasteiger partial charge >= 0.3 is 5.97 Å². The smallest absolute Gasteiger partial charge is 0.323 e. The summed E-state index contributed by atoms with van der Waals surface area (Å²) in [5.74, 6) is 0.714. The van der Waals surface area contributed by atoms with Crippen LogP contribution in [0.4, 0.5) is 0 Å². The molecule has 0 saturated carbocycles. The fourth-order valence-electron chi connectivity index (χ4n) is 2.82. The molecule has 0 spiro atoms. The number of nitrogens with two attached hydrogens (primary N) is 1. The topological polar surface area (TPSA) is 64.8 Å². The molecule has 1 unspecified atom stereocenters. The average molecular weight is 292 g/mol. The molecule has 1 atom stereocenters. The number of carbonyl (C=O) groups excluding carboxylic acids is 1. The maximum Gasteiger partial charge on any atom is 0.323 e. The van der Waals surface area contributed by atoms with Gasteiger partial charge in [-0.3, -0.25) is 9.69 Å². The summed E-state index contributed by atoms with van der Waals surface area (Å²) < 4.78 is 10.6. The molecule has 0 aliphatic carbocycles. The van der Waals surface area contributed by atoms with E-state index in [9.17, 15) is 4.79 Å². The van der Waals surface area contributed by atoms with Crippen molar-refractivity contribution in [3.63, 3.8) is 0 Å². The largest absolute Gasteiger partial charge is 0.496 e. The SMILES string of the molecule is CCOC(=O)C1CCCN1Cc1cc(CN)ccc1OC. The van der Waals surface area contributed by atoms with Crippen molar-refractivity contribution in [1.29, 1.82) is 0 Å². The first-order valence-corrected chi connectivity index (χ1v) is 7.46. The number of nitrogens with zero attached hydrogens (tertiary/aromatic N) is 1. The summed E-state index contributed by atoms with van der Waals surface area (Å²) in [5, 5.41) is 0. The second-order valence-corrected chi connectivity index (χ2v) is 5.23. The van der Waals surface area contributed by atoms with Crippen molar-refractivity contribution < 1.29 is 14.3 Å². The van der Waals surface area contributed by atoms with E-state index in [0.717, 1.165) is 36.3 Å². The molecule has 1 aliphatic heterocycles. The van der Waals surface area contributed by atoms with E-state index in [1.54, 1.807) is 7.11 Å². The molecule has 0 bridgehead atoms. The number of hydrogen-bond donors (Lipinski definition) is 1. The van der Waals surface area contributed by atoms with Gasteiger partial charge in [0.15, 0.2) is 0 Å². The molecule has 1 aromatic rings. The van der Waals surface area contributed by atoms with Gasteiger partial charge in [0.2, 0.25) is 0 Å². The Labute approximate surface area is 126 Å². The third kappa shape index (κ3) is 3.74. The van der Waals surface area contributed by atoms with Crippen molar-refractivity contribution in [2.45, 2.75) is 38.9 Å².